The van der Waals surface area contributed by atoms with E-state index in [9.17, 15) is 23.1 Å². The zero-order chi connectivity index (χ0) is 17.2. The van der Waals surface area contributed by atoms with Gasteiger partial charge in [-0.05, 0) is 24.3 Å². The Morgan fingerprint density at radius 2 is 1.96 bits per heavy atom. The number of hydrogen-bond acceptors (Lipinski definition) is 7. The van der Waals surface area contributed by atoms with Gasteiger partial charge in [-0.15, -0.1) is 0 Å². The maximum absolute atomic E-state index is 11.4. The van der Waals surface area contributed by atoms with E-state index in [0.29, 0.717) is 17.1 Å². The van der Waals surface area contributed by atoms with Crippen molar-refractivity contribution in [2.45, 2.75) is 4.90 Å². The number of nitrogens with two attached hydrogens (primary N) is 1. The molecule has 0 aromatic heterocycles. The van der Waals surface area contributed by atoms with Gasteiger partial charge < -0.3 is 15.8 Å². The molecule has 0 atom stereocenters. The highest BCUT2D eigenvalue weighted by Crippen LogP contribution is 2.31. The smallest absolute Gasteiger partial charge is 0.296 e. The van der Waals surface area contributed by atoms with E-state index < -0.39 is 25.6 Å². The van der Waals surface area contributed by atoms with E-state index in [2.05, 4.69) is 5.32 Å². The molecule has 0 aliphatic carbocycles. The molecule has 0 saturated heterocycles. The lowest BCUT2D eigenvalue weighted by atomic mass is 10.2. The molecule has 0 amide bonds. The average Bonchev–Trinajstić information content (AvgIpc) is 2.46. The van der Waals surface area contributed by atoms with Gasteiger partial charge >= 0.3 is 0 Å². The number of nitrogens with one attached hydrogen (secondary N) is 1. The third-order valence-corrected chi connectivity index (χ3v) is 3.86. The van der Waals surface area contributed by atoms with Crippen LogP contribution in [-0.4, -0.2) is 25.0 Å². The Bertz CT molecular complexity index is 866. The summed E-state index contributed by atoms with van der Waals surface area (Å²) in [5, 5.41) is 13.5. The predicted molar refractivity (Wildman–Crippen MR) is 83.6 cm³/mol. The molecule has 0 aliphatic rings. The number of methoxy groups -OCH3 is 1. The zero-order valence-corrected chi connectivity index (χ0v) is 12.7. The minimum absolute atomic E-state index is 0.0253. The van der Waals surface area contributed by atoms with Gasteiger partial charge in [-0.3, -0.25) is 14.7 Å². The quantitative estimate of drug-likeness (QED) is 0.325. The van der Waals surface area contributed by atoms with Gasteiger partial charge in [-0.1, -0.05) is 0 Å². The highest BCUT2D eigenvalue weighted by atomic mass is 32.2. The Balaban J connectivity index is 2.47. The molecule has 0 saturated carbocycles. The van der Waals surface area contributed by atoms with E-state index in [1.165, 1.54) is 19.2 Å². The fraction of sp³-hybridized carbons (Fsp3) is 0.0769. The Labute approximate surface area is 131 Å². The summed E-state index contributed by atoms with van der Waals surface area (Å²) in [6.07, 6.45) is 0. The second-order valence-electron chi connectivity index (χ2n) is 4.49. The second-order valence-corrected chi connectivity index (χ2v) is 5.88. The number of benzene rings is 2. The van der Waals surface area contributed by atoms with Crippen LogP contribution in [0.5, 0.6) is 5.75 Å². The Kier molecular flexibility index (Phi) is 4.38. The van der Waals surface area contributed by atoms with Crippen molar-refractivity contribution in [3.05, 3.63) is 46.5 Å². The highest BCUT2D eigenvalue weighted by Gasteiger charge is 2.20. The van der Waals surface area contributed by atoms with Gasteiger partial charge in [-0.2, -0.15) is 8.42 Å². The maximum atomic E-state index is 11.4. The molecule has 10 heteroatoms. The SMILES string of the molecule is COc1ccc(Nc2ccc([N+](=O)[O-])cc2S(=O)(=O)O)cc1N. The standard InChI is InChI=1S/C13H13N3O6S/c1-22-12-5-2-8(6-10(12)14)15-11-4-3-9(16(17)18)7-13(11)23(19,20)21/h2-7,15H,14H2,1H3,(H,19,20,21). The Morgan fingerprint density at radius 3 is 2.48 bits per heavy atom. The van der Waals surface area contributed by atoms with E-state index in [-0.39, 0.29) is 5.69 Å². The molecule has 0 bridgehead atoms. The first kappa shape index (κ1) is 16.5. The van der Waals surface area contributed by atoms with Crippen LogP contribution < -0.4 is 15.8 Å². The summed E-state index contributed by atoms with van der Waals surface area (Å²) in [5.41, 5.74) is 6.00. The minimum atomic E-state index is -4.66. The van der Waals surface area contributed by atoms with Crippen molar-refractivity contribution in [3.63, 3.8) is 0 Å². The van der Waals surface area contributed by atoms with Crippen molar-refractivity contribution in [2.75, 3.05) is 18.2 Å². The van der Waals surface area contributed by atoms with Crippen molar-refractivity contribution in [1.82, 2.24) is 0 Å². The van der Waals surface area contributed by atoms with Crippen LogP contribution in [0.2, 0.25) is 0 Å². The van der Waals surface area contributed by atoms with E-state index in [4.69, 9.17) is 10.5 Å². The summed E-state index contributed by atoms with van der Waals surface area (Å²) in [5.74, 6) is 0.439. The first-order chi connectivity index (χ1) is 10.7. The molecule has 0 heterocycles. The molecule has 4 N–H and O–H groups in total. The van der Waals surface area contributed by atoms with Crippen LogP contribution >= 0.6 is 0 Å². The van der Waals surface area contributed by atoms with Crippen LogP contribution in [-0.2, 0) is 10.1 Å². The lowest BCUT2D eigenvalue weighted by Crippen LogP contribution is -2.05. The molecule has 0 unspecified atom stereocenters. The first-order valence-corrected chi connectivity index (χ1v) is 7.63. The lowest BCUT2D eigenvalue weighted by molar-refractivity contribution is -0.385. The van der Waals surface area contributed by atoms with Gasteiger partial charge in [0.1, 0.15) is 10.6 Å². The third-order valence-electron chi connectivity index (χ3n) is 2.96. The number of ether oxygens (including phenoxy) is 1. The molecule has 2 rings (SSSR count). The Morgan fingerprint density at radius 1 is 1.26 bits per heavy atom. The van der Waals surface area contributed by atoms with Gasteiger partial charge in [-0.25, -0.2) is 0 Å². The normalized spacial score (nSPS) is 11.0. The van der Waals surface area contributed by atoms with Gasteiger partial charge in [0.2, 0.25) is 0 Å². The molecule has 23 heavy (non-hydrogen) atoms. The minimum Gasteiger partial charge on any atom is -0.495 e. The fourth-order valence-electron chi connectivity index (χ4n) is 1.91. The molecule has 9 nitrogen and oxygen atoms in total. The van der Waals surface area contributed by atoms with E-state index in [1.54, 1.807) is 12.1 Å². The van der Waals surface area contributed by atoms with Crippen LogP contribution in [0.15, 0.2) is 41.3 Å². The average molecular weight is 339 g/mol. The monoisotopic (exact) mass is 339 g/mol. The van der Waals surface area contributed by atoms with E-state index in [0.717, 1.165) is 12.1 Å². The molecular weight excluding hydrogens is 326 g/mol. The van der Waals surface area contributed by atoms with Crippen molar-refractivity contribution in [1.29, 1.82) is 0 Å². The summed E-state index contributed by atoms with van der Waals surface area (Å²) in [4.78, 5) is 9.37. The number of non-ortho nitro benzene ring substituents is 1. The highest BCUT2D eigenvalue weighted by molar-refractivity contribution is 7.86. The third kappa shape index (κ3) is 3.67. The van der Waals surface area contributed by atoms with E-state index >= 15 is 0 Å². The molecule has 2 aromatic carbocycles. The molecule has 0 aliphatic heterocycles. The van der Waals surface area contributed by atoms with E-state index in [1.807, 2.05) is 0 Å². The topological polar surface area (TPSA) is 145 Å². The number of anilines is 3. The number of nitrogen functional groups attached to an aromatic ring is 1. The van der Waals surface area contributed by atoms with Gasteiger partial charge in [0.15, 0.2) is 0 Å². The predicted octanol–water partition coefficient (Wildman–Crippen LogP) is 2.18. The van der Waals surface area contributed by atoms with Crippen LogP contribution in [0, 0.1) is 10.1 Å². The van der Waals surface area contributed by atoms with Crippen LogP contribution in [0.1, 0.15) is 0 Å². The molecule has 0 radical (unpaired) electrons. The van der Waals surface area contributed by atoms with Crippen LogP contribution in [0.3, 0.4) is 0 Å². The number of hydrogen-bond donors (Lipinski definition) is 3. The number of rotatable bonds is 5. The molecule has 122 valence electrons. The first-order valence-electron chi connectivity index (χ1n) is 6.19. The summed E-state index contributed by atoms with van der Waals surface area (Å²) >= 11 is 0. The lowest BCUT2D eigenvalue weighted by Gasteiger charge is -2.12. The summed E-state index contributed by atoms with van der Waals surface area (Å²) < 4.78 is 37.1. The van der Waals surface area contributed by atoms with Crippen molar-refractivity contribution >= 4 is 32.9 Å². The summed E-state index contributed by atoms with van der Waals surface area (Å²) in [6.45, 7) is 0. The second kappa shape index (κ2) is 6.10. The number of nitrogens with zero attached hydrogens (tertiary/aromatic N) is 1. The Hall–Kier alpha value is -2.85. The van der Waals surface area contributed by atoms with Crippen molar-refractivity contribution in [2.24, 2.45) is 0 Å². The van der Waals surface area contributed by atoms with Crippen LogP contribution in [0.4, 0.5) is 22.7 Å². The van der Waals surface area contributed by atoms with Crippen molar-refractivity contribution < 1.29 is 22.6 Å². The molecule has 0 spiro atoms. The summed E-state index contributed by atoms with van der Waals surface area (Å²) in [6, 6.07) is 7.70. The summed E-state index contributed by atoms with van der Waals surface area (Å²) in [7, 11) is -3.21. The number of nitro groups is 1. The number of nitro benzene ring substituents is 1. The van der Waals surface area contributed by atoms with Gasteiger partial charge in [0, 0.05) is 17.8 Å². The van der Waals surface area contributed by atoms with Gasteiger partial charge in [0.05, 0.1) is 23.4 Å². The molecule has 0 fully saturated rings. The molecule has 2 aromatic rings. The zero-order valence-electron chi connectivity index (χ0n) is 11.9. The van der Waals surface area contributed by atoms with Crippen molar-refractivity contribution in [3.8, 4) is 5.75 Å². The van der Waals surface area contributed by atoms with Gasteiger partial charge in [0.25, 0.3) is 15.8 Å². The molecular formula is C13H13N3O6S. The van der Waals surface area contributed by atoms with Crippen LogP contribution in [0.25, 0.3) is 0 Å². The maximum Gasteiger partial charge on any atom is 0.296 e. The fourth-order valence-corrected chi connectivity index (χ4v) is 2.58. The largest absolute Gasteiger partial charge is 0.495 e.